The van der Waals surface area contributed by atoms with E-state index in [-0.39, 0.29) is 26.5 Å². The number of hydrogen-bond donors (Lipinski definition) is 0. The molecule has 0 saturated carbocycles. The second-order valence-corrected chi connectivity index (χ2v) is 15.6. The van der Waals surface area contributed by atoms with E-state index in [0.29, 0.717) is 11.5 Å². The molecule has 3 aromatic heterocycles. The zero-order valence-corrected chi connectivity index (χ0v) is 34.3. The summed E-state index contributed by atoms with van der Waals surface area (Å²) in [6.45, 7) is 15.3. The van der Waals surface area contributed by atoms with Gasteiger partial charge in [0.1, 0.15) is 17.0 Å². The molecule has 0 bridgehead atoms. The maximum atomic E-state index is 6.63. The zero-order valence-electron chi connectivity index (χ0n) is 32.0. The fourth-order valence-corrected chi connectivity index (χ4v) is 8.32. The minimum atomic E-state index is -0.0502. The number of benzene rings is 6. The third-order valence-electron chi connectivity index (χ3n) is 10.7. The van der Waals surface area contributed by atoms with Gasteiger partial charge >= 0.3 is 0 Å². The van der Waals surface area contributed by atoms with Crippen molar-refractivity contribution in [3.05, 3.63) is 163 Å². The Morgan fingerprint density at radius 2 is 1.41 bits per heavy atom. The number of nitrogens with zero attached hydrogens (tertiary/aromatic N) is 4. The molecule has 0 N–H and O–H groups in total. The summed E-state index contributed by atoms with van der Waals surface area (Å²) in [7, 11) is 0. The molecule has 0 atom stereocenters. The first kappa shape index (κ1) is 35.8. The molecule has 1 aliphatic rings. The minimum Gasteiger partial charge on any atom is -0.509 e. The summed E-state index contributed by atoms with van der Waals surface area (Å²) in [6.07, 6.45) is 1.90. The number of aryl methyl sites for hydroxylation is 3. The van der Waals surface area contributed by atoms with Crippen LogP contribution in [-0.4, -0.2) is 9.55 Å². The van der Waals surface area contributed by atoms with E-state index < -0.39 is 0 Å². The average molecular weight is 911 g/mol. The van der Waals surface area contributed by atoms with Crippen LogP contribution in [0.15, 0.2) is 126 Å². The average Bonchev–Trinajstić information content (AvgIpc) is 3.84. The molecule has 1 aliphatic heterocycles. The number of fused-ring (bicyclic) bond motifs is 8. The summed E-state index contributed by atoms with van der Waals surface area (Å²) in [5.74, 6) is 2.01. The second-order valence-electron chi connectivity index (χ2n) is 15.6. The molecule has 6 nitrogen and oxygen atoms in total. The van der Waals surface area contributed by atoms with Crippen LogP contribution in [0.25, 0.3) is 49.6 Å². The number of rotatable bonds is 5. The molecule has 10 rings (SSSR count). The zero-order chi connectivity index (χ0) is 37.6. The molecule has 0 saturated heterocycles. The quantitative estimate of drug-likeness (QED) is 0.161. The van der Waals surface area contributed by atoms with Crippen LogP contribution < -0.4 is 14.5 Å². The molecule has 0 radical (unpaired) electrons. The Hall–Kier alpha value is -5.84. The third kappa shape index (κ3) is 5.78. The van der Waals surface area contributed by atoms with Gasteiger partial charge in [-0.25, -0.2) is 4.98 Å². The van der Waals surface area contributed by atoms with Crippen LogP contribution in [0.5, 0.6) is 11.5 Å². The topological polar surface area (TPSA) is 46.7 Å². The van der Waals surface area contributed by atoms with Gasteiger partial charge in [0, 0.05) is 72.1 Å². The molecule has 280 valence electrons. The smallest absolute Gasteiger partial charge is 0.135 e. The number of hydrogen-bond acceptors (Lipinski definition) is 5. The molecule has 4 heterocycles. The first-order valence-corrected chi connectivity index (χ1v) is 18.7. The van der Waals surface area contributed by atoms with Gasteiger partial charge in [-0.3, -0.25) is 0 Å². The summed E-state index contributed by atoms with van der Waals surface area (Å²) >= 11 is 0. The summed E-state index contributed by atoms with van der Waals surface area (Å²) in [5.41, 5.74) is 12.8. The first-order valence-electron chi connectivity index (χ1n) is 18.7. The predicted molar refractivity (Wildman–Crippen MR) is 224 cm³/mol. The van der Waals surface area contributed by atoms with Gasteiger partial charge in [0.25, 0.3) is 0 Å². The van der Waals surface area contributed by atoms with Gasteiger partial charge in [0.05, 0.1) is 0 Å². The predicted octanol–water partition coefficient (Wildman–Crippen LogP) is 13.1. The monoisotopic (exact) mass is 910 g/mol. The Labute approximate surface area is 341 Å². The van der Waals surface area contributed by atoms with Gasteiger partial charge in [-0.2, -0.15) is 12.1 Å². The molecule has 56 heavy (non-hydrogen) atoms. The Morgan fingerprint density at radius 3 is 2.20 bits per heavy atom. The standard InChI is InChI=1S/C49H39N4O2.Pt/c1-30-24-31(2)48(32(3)25-30)52-29-51(39-15-8-9-16-40(39)52)34-12-11-13-35(27-34)54-36-18-19-37-42(28-36)53(45-26-33(22-23-50-45)49(4,5)6)41-20-21-44-47(46(37)41)38-14-7-10-17-43(38)55-44;/h7-26,29H,1-6H3;/q-3;. The number of pyridine rings is 1. The van der Waals surface area contributed by atoms with Crippen molar-refractivity contribution in [1.29, 1.82) is 0 Å². The van der Waals surface area contributed by atoms with E-state index in [4.69, 9.17) is 14.1 Å². The Morgan fingerprint density at radius 1 is 0.679 bits per heavy atom. The molecule has 0 aliphatic carbocycles. The van der Waals surface area contributed by atoms with E-state index in [1.54, 1.807) is 0 Å². The van der Waals surface area contributed by atoms with Crippen molar-refractivity contribution >= 4 is 66.5 Å². The maximum Gasteiger partial charge on any atom is 0.135 e. The minimum absolute atomic E-state index is 0. The molecule has 7 heteroatoms. The molecule has 0 spiro atoms. The van der Waals surface area contributed by atoms with Crippen LogP contribution in [-0.2, 0) is 26.5 Å². The third-order valence-corrected chi connectivity index (χ3v) is 10.7. The SMILES string of the molecule is Cc1cc(C)c(N2[CH-]N(c3[c-]c(Oc4[c-]c5c(cc4)c4c6c(ccc4n5-c4cc(C(C)(C)C)ccn4)oc4ccccc46)ccc3)c3ccccc32)c(C)c1.[Pt]. The van der Waals surface area contributed by atoms with Crippen LogP contribution in [0.1, 0.15) is 43.0 Å². The fraction of sp³-hybridized carbons (Fsp3) is 0.143. The molecule has 0 amide bonds. The van der Waals surface area contributed by atoms with Gasteiger partial charge in [0.2, 0.25) is 0 Å². The second kappa shape index (κ2) is 13.4. The van der Waals surface area contributed by atoms with E-state index in [1.165, 1.54) is 27.9 Å². The largest absolute Gasteiger partial charge is 0.509 e. The number of aromatic nitrogens is 2. The van der Waals surface area contributed by atoms with E-state index in [9.17, 15) is 0 Å². The van der Waals surface area contributed by atoms with Crippen LogP contribution in [0.4, 0.5) is 22.7 Å². The van der Waals surface area contributed by atoms with Crippen LogP contribution in [0, 0.1) is 39.6 Å². The van der Waals surface area contributed by atoms with E-state index in [2.05, 4.69) is 160 Å². The molecular formula is C49H39N4O2Pt-3. The Balaban J connectivity index is 0.00000410. The van der Waals surface area contributed by atoms with Gasteiger partial charge in [-0.05, 0) is 90.7 Å². The van der Waals surface area contributed by atoms with Crippen molar-refractivity contribution in [2.45, 2.75) is 47.0 Å². The molecule has 6 aromatic carbocycles. The van der Waals surface area contributed by atoms with Crippen LogP contribution >= 0.6 is 0 Å². The first-order chi connectivity index (χ1) is 26.6. The van der Waals surface area contributed by atoms with Crippen molar-refractivity contribution in [3.8, 4) is 17.3 Å². The van der Waals surface area contributed by atoms with Gasteiger partial charge in [-0.1, -0.05) is 74.3 Å². The summed E-state index contributed by atoms with van der Waals surface area (Å²) < 4.78 is 15.2. The summed E-state index contributed by atoms with van der Waals surface area (Å²) in [5, 5.41) is 4.31. The van der Waals surface area contributed by atoms with Gasteiger partial charge in [-0.15, -0.1) is 48.1 Å². The number of ether oxygens (including phenoxy) is 1. The van der Waals surface area contributed by atoms with E-state index >= 15 is 0 Å². The summed E-state index contributed by atoms with van der Waals surface area (Å²) in [6, 6.07) is 47.1. The van der Waals surface area contributed by atoms with Crippen molar-refractivity contribution in [1.82, 2.24) is 9.55 Å². The summed E-state index contributed by atoms with van der Waals surface area (Å²) in [4.78, 5) is 9.38. The molecular weight excluding hydrogens is 872 g/mol. The normalized spacial score (nSPS) is 12.9. The van der Waals surface area contributed by atoms with Crippen LogP contribution in [0.2, 0.25) is 0 Å². The van der Waals surface area contributed by atoms with Crippen molar-refractivity contribution < 1.29 is 30.2 Å². The number of para-hydroxylation sites is 3. The molecule has 0 fully saturated rings. The molecule has 0 unspecified atom stereocenters. The van der Waals surface area contributed by atoms with Crippen molar-refractivity contribution in [2.75, 3.05) is 9.80 Å². The van der Waals surface area contributed by atoms with Crippen molar-refractivity contribution in [3.63, 3.8) is 0 Å². The van der Waals surface area contributed by atoms with Gasteiger partial charge in [0.15, 0.2) is 0 Å². The van der Waals surface area contributed by atoms with Gasteiger partial charge < -0.3 is 23.5 Å². The van der Waals surface area contributed by atoms with E-state index in [1.807, 2.05) is 36.5 Å². The Bertz CT molecular complexity index is 2970. The van der Waals surface area contributed by atoms with Crippen LogP contribution in [0.3, 0.4) is 0 Å². The number of furan rings is 1. The molecule has 9 aromatic rings. The van der Waals surface area contributed by atoms with E-state index in [0.717, 1.165) is 66.6 Å². The van der Waals surface area contributed by atoms with Crippen molar-refractivity contribution in [2.24, 2.45) is 0 Å². The number of anilines is 4. The Kier molecular flexibility index (Phi) is 8.59. The maximum absolute atomic E-state index is 6.63. The fourth-order valence-electron chi connectivity index (χ4n) is 8.32.